The van der Waals surface area contributed by atoms with E-state index in [0.29, 0.717) is 30.9 Å². The van der Waals surface area contributed by atoms with E-state index in [1.165, 1.54) is 0 Å². The first-order valence-corrected chi connectivity index (χ1v) is 9.18. The molecule has 0 saturated carbocycles. The average molecular weight is 368 g/mol. The van der Waals surface area contributed by atoms with Crippen LogP contribution in [-0.2, 0) is 11.2 Å². The van der Waals surface area contributed by atoms with Crippen molar-refractivity contribution in [3.05, 3.63) is 59.7 Å². The average Bonchev–Trinajstić information content (AvgIpc) is 2.65. The molecule has 2 amide bonds. The van der Waals surface area contributed by atoms with E-state index in [4.69, 9.17) is 4.74 Å². The van der Waals surface area contributed by atoms with Gasteiger partial charge in [-0.05, 0) is 54.3 Å². The molecular formula is C22H28N2O3. The molecule has 1 N–H and O–H groups in total. The van der Waals surface area contributed by atoms with Gasteiger partial charge in [-0.1, -0.05) is 26.0 Å². The van der Waals surface area contributed by atoms with E-state index in [2.05, 4.69) is 19.2 Å². The van der Waals surface area contributed by atoms with Gasteiger partial charge in [0.1, 0.15) is 5.75 Å². The lowest BCUT2D eigenvalue weighted by Gasteiger charge is -2.11. The molecule has 2 aromatic carbocycles. The van der Waals surface area contributed by atoms with Crippen LogP contribution in [0.4, 0.5) is 5.69 Å². The fraction of sp³-hybridized carbons (Fsp3) is 0.364. The van der Waals surface area contributed by atoms with Crippen molar-refractivity contribution in [3.63, 3.8) is 0 Å². The molecule has 2 aromatic rings. The van der Waals surface area contributed by atoms with Gasteiger partial charge >= 0.3 is 0 Å². The number of hydrogen-bond acceptors (Lipinski definition) is 3. The molecule has 144 valence electrons. The van der Waals surface area contributed by atoms with Gasteiger partial charge in [-0.25, -0.2) is 0 Å². The zero-order chi connectivity index (χ0) is 19.8. The Labute approximate surface area is 161 Å². The molecular weight excluding hydrogens is 340 g/mol. The smallest absolute Gasteiger partial charge is 0.255 e. The molecule has 0 saturated heterocycles. The maximum atomic E-state index is 12.4. The largest absolute Gasteiger partial charge is 0.493 e. The second kappa shape index (κ2) is 9.76. The van der Waals surface area contributed by atoms with Crippen molar-refractivity contribution in [2.75, 3.05) is 26.0 Å². The van der Waals surface area contributed by atoms with Crippen molar-refractivity contribution in [3.8, 4) is 5.75 Å². The van der Waals surface area contributed by atoms with Gasteiger partial charge in [0.2, 0.25) is 5.91 Å². The second-order valence-corrected chi connectivity index (χ2v) is 7.17. The number of ether oxygens (including phenoxy) is 1. The minimum Gasteiger partial charge on any atom is -0.493 e. The summed E-state index contributed by atoms with van der Waals surface area (Å²) in [5.41, 5.74) is 2.37. The van der Waals surface area contributed by atoms with Crippen LogP contribution in [0.1, 0.15) is 36.2 Å². The Morgan fingerprint density at radius 1 is 1.00 bits per heavy atom. The lowest BCUT2D eigenvalue weighted by atomic mass is 10.1. The van der Waals surface area contributed by atoms with Crippen LogP contribution in [0.2, 0.25) is 0 Å². The fourth-order valence-electron chi connectivity index (χ4n) is 2.40. The molecule has 0 aromatic heterocycles. The maximum Gasteiger partial charge on any atom is 0.255 e. The normalized spacial score (nSPS) is 10.6. The lowest BCUT2D eigenvalue weighted by molar-refractivity contribution is -0.128. The third-order valence-corrected chi connectivity index (χ3v) is 4.04. The third-order valence-electron chi connectivity index (χ3n) is 4.04. The molecule has 0 aliphatic heterocycles. The number of rotatable bonds is 8. The quantitative estimate of drug-likeness (QED) is 0.766. The molecule has 2 rings (SSSR count). The molecule has 0 aliphatic rings. The summed E-state index contributed by atoms with van der Waals surface area (Å²) in [6.45, 7) is 4.83. The topological polar surface area (TPSA) is 58.6 Å². The summed E-state index contributed by atoms with van der Waals surface area (Å²) < 4.78 is 5.63. The first-order chi connectivity index (χ1) is 12.8. The number of benzene rings is 2. The third kappa shape index (κ3) is 6.77. The van der Waals surface area contributed by atoms with Crippen LogP contribution in [0.15, 0.2) is 48.5 Å². The molecule has 0 fully saturated rings. The summed E-state index contributed by atoms with van der Waals surface area (Å²) in [5, 5.41) is 2.88. The van der Waals surface area contributed by atoms with E-state index in [1.54, 1.807) is 31.1 Å². The Morgan fingerprint density at radius 3 is 2.19 bits per heavy atom. The number of anilines is 1. The highest BCUT2D eigenvalue weighted by molar-refractivity contribution is 6.04. The number of carbonyl (C=O) groups is 2. The predicted octanol–water partition coefficient (Wildman–Crippen LogP) is 3.99. The summed E-state index contributed by atoms with van der Waals surface area (Å²) in [7, 11) is 3.51. The maximum absolute atomic E-state index is 12.4. The van der Waals surface area contributed by atoms with Crippen LogP contribution in [0.25, 0.3) is 0 Å². The number of nitrogens with one attached hydrogen (secondary N) is 1. The minimum absolute atomic E-state index is 0.105. The Balaban J connectivity index is 1.89. The Bertz CT molecular complexity index is 750. The van der Waals surface area contributed by atoms with Crippen LogP contribution in [0, 0.1) is 5.92 Å². The highest BCUT2D eigenvalue weighted by Gasteiger charge is 2.08. The van der Waals surface area contributed by atoms with Crippen LogP contribution < -0.4 is 10.1 Å². The summed E-state index contributed by atoms with van der Waals surface area (Å²) in [6.07, 6.45) is 1.16. The number of amides is 2. The fourth-order valence-corrected chi connectivity index (χ4v) is 2.40. The standard InChI is InChI=1S/C22H28N2O3/c1-16(2)15-27-20-12-8-18(9-13-20)22(26)23-19-10-5-17(6-11-19)7-14-21(25)24(3)4/h5-6,8-13,16H,7,14-15H2,1-4H3,(H,23,26). The zero-order valence-corrected chi connectivity index (χ0v) is 16.5. The van der Waals surface area contributed by atoms with Crippen molar-refractivity contribution in [2.45, 2.75) is 26.7 Å². The minimum atomic E-state index is -0.166. The number of nitrogens with zero attached hydrogens (tertiary/aromatic N) is 1. The molecule has 0 bridgehead atoms. The van der Waals surface area contributed by atoms with Crippen molar-refractivity contribution >= 4 is 17.5 Å². The first-order valence-electron chi connectivity index (χ1n) is 9.18. The van der Waals surface area contributed by atoms with Gasteiger partial charge in [0.25, 0.3) is 5.91 Å². The molecule has 0 aliphatic carbocycles. The van der Waals surface area contributed by atoms with E-state index in [1.807, 2.05) is 36.4 Å². The summed E-state index contributed by atoms with van der Waals surface area (Å²) in [6, 6.07) is 14.7. The highest BCUT2D eigenvalue weighted by Crippen LogP contribution is 2.16. The number of hydrogen-bond donors (Lipinski definition) is 1. The van der Waals surface area contributed by atoms with Crippen molar-refractivity contribution in [1.82, 2.24) is 4.90 Å². The molecule has 0 radical (unpaired) electrons. The van der Waals surface area contributed by atoms with Crippen LogP contribution in [0.3, 0.4) is 0 Å². The Hall–Kier alpha value is -2.82. The summed E-state index contributed by atoms with van der Waals surface area (Å²) >= 11 is 0. The molecule has 0 atom stereocenters. The van der Waals surface area contributed by atoms with Gasteiger partial charge in [-0.3, -0.25) is 9.59 Å². The molecule has 5 nitrogen and oxygen atoms in total. The Kier molecular flexibility index (Phi) is 7.41. The SMILES string of the molecule is CC(C)COc1ccc(C(=O)Nc2ccc(CCC(=O)N(C)C)cc2)cc1. The lowest BCUT2D eigenvalue weighted by Crippen LogP contribution is -2.21. The van der Waals surface area contributed by atoms with E-state index in [0.717, 1.165) is 17.0 Å². The summed E-state index contributed by atoms with van der Waals surface area (Å²) in [4.78, 5) is 25.6. The molecule has 27 heavy (non-hydrogen) atoms. The van der Waals surface area contributed by atoms with Crippen LogP contribution in [-0.4, -0.2) is 37.4 Å². The predicted molar refractivity (Wildman–Crippen MR) is 108 cm³/mol. The highest BCUT2D eigenvalue weighted by atomic mass is 16.5. The van der Waals surface area contributed by atoms with Gasteiger partial charge in [-0.15, -0.1) is 0 Å². The van der Waals surface area contributed by atoms with E-state index in [9.17, 15) is 9.59 Å². The van der Waals surface area contributed by atoms with Crippen molar-refractivity contribution < 1.29 is 14.3 Å². The van der Waals surface area contributed by atoms with Gasteiger partial charge in [0.05, 0.1) is 6.61 Å². The molecule has 5 heteroatoms. The molecule has 0 heterocycles. The summed E-state index contributed by atoms with van der Waals surface area (Å²) in [5.74, 6) is 1.16. The number of carbonyl (C=O) groups excluding carboxylic acids is 2. The zero-order valence-electron chi connectivity index (χ0n) is 16.5. The molecule has 0 unspecified atom stereocenters. The van der Waals surface area contributed by atoms with Crippen molar-refractivity contribution in [2.24, 2.45) is 5.92 Å². The molecule has 0 spiro atoms. The first kappa shape index (κ1) is 20.5. The van der Waals surface area contributed by atoms with Gasteiger partial charge in [0, 0.05) is 31.8 Å². The van der Waals surface area contributed by atoms with Gasteiger partial charge < -0.3 is 15.0 Å². The second-order valence-electron chi connectivity index (χ2n) is 7.17. The number of aryl methyl sites for hydroxylation is 1. The van der Waals surface area contributed by atoms with E-state index >= 15 is 0 Å². The van der Waals surface area contributed by atoms with Gasteiger partial charge in [-0.2, -0.15) is 0 Å². The van der Waals surface area contributed by atoms with Gasteiger partial charge in [0.15, 0.2) is 0 Å². The van der Waals surface area contributed by atoms with Crippen LogP contribution >= 0.6 is 0 Å². The monoisotopic (exact) mass is 368 g/mol. The van der Waals surface area contributed by atoms with Crippen LogP contribution in [0.5, 0.6) is 5.75 Å². The van der Waals surface area contributed by atoms with Crippen molar-refractivity contribution in [1.29, 1.82) is 0 Å². The van der Waals surface area contributed by atoms with E-state index in [-0.39, 0.29) is 11.8 Å². The Morgan fingerprint density at radius 2 is 1.63 bits per heavy atom. The van der Waals surface area contributed by atoms with E-state index < -0.39 is 0 Å².